The molecule has 0 aliphatic carbocycles. The van der Waals surface area contributed by atoms with Gasteiger partial charge in [-0.25, -0.2) is 5.43 Å². The second kappa shape index (κ2) is 33.5. The third-order valence-corrected chi connectivity index (χ3v) is 9.46. The summed E-state index contributed by atoms with van der Waals surface area (Å²) in [6.07, 6.45) is -1.64. The number of benzene rings is 1. The van der Waals surface area contributed by atoms with E-state index in [1.54, 1.807) is 37.4 Å². The van der Waals surface area contributed by atoms with Gasteiger partial charge in [-0.2, -0.15) is 0 Å². The van der Waals surface area contributed by atoms with Crippen molar-refractivity contribution in [2.24, 2.45) is 5.73 Å². The molecule has 0 bridgehead atoms. The molecule has 0 aliphatic rings. The lowest BCUT2D eigenvalue weighted by atomic mass is 10.0. The molecule has 0 saturated heterocycles. The number of aldehydes is 1. The van der Waals surface area contributed by atoms with Gasteiger partial charge in [-0.15, -0.1) is 0 Å². The molecule has 372 valence electrons. The Morgan fingerprint density at radius 1 is 0.667 bits per heavy atom. The van der Waals surface area contributed by atoms with E-state index in [4.69, 9.17) is 5.73 Å². The number of rotatable bonds is 33. The highest BCUT2D eigenvalue weighted by atomic mass is 16.4. The SMILES string of the molecule is CC.CNC(CCCCNNC(Cc1ccccc1)C(=O)N[C@@H](CO)C(=O)NC(CCC(=O)O)C(=O)N[C@@H](CO)C(=O)N[C@H](C(=O)N[C@@H](CC(N)=O)C(=O)NC(C=O)CO)[C@@H](C)O)C(C)=O. The van der Waals surface area contributed by atoms with E-state index in [-0.39, 0.29) is 24.5 Å². The number of carboxylic acid groups (broad SMARTS) is 1. The van der Waals surface area contributed by atoms with Crippen LogP contribution in [-0.4, -0.2) is 173 Å². The number of hydrogen-bond acceptors (Lipinski definition) is 17. The van der Waals surface area contributed by atoms with E-state index < -0.39 is 135 Å². The Balaban J connectivity index is 0.0000208. The number of likely N-dealkylation sites (N-methyl/N-ethyl adjacent to an activating group) is 1. The molecule has 0 saturated carbocycles. The average Bonchev–Trinajstić information content (AvgIpc) is 3.28. The van der Waals surface area contributed by atoms with Crippen LogP contribution in [0.5, 0.6) is 0 Å². The zero-order valence-corrected chi connectivity index (χ0v) is 37.8. The molecule has 25 heteroatoms. The number of nitrogens with two attached hydrogens (primary N) is 1. The van der Waals surface area contributed by atoms with Gasteiger partial charge in [0.15, 0.2) is 0 Å². The topological polar surface area (TPSA) is 406 Å². The van der Waals surface area contributed by atoms with Gasteiger partial charge in [-0.05, 0) is 52.1 Å². The molecule has 1 aromatic rings. The van der Waals surface area contributed by atoms with Gasteiger partial charge in [-0.3, -0.25) is 48.6 Å². The molecule has 0 heterocycles. The number of nitrogens with one attached hydrogen (secondary N) is 9. The zero-order valence-electron chi connectivity index (χ0n) is 37.8. The van der Waals surface area contributed by atoms with Crippen LogP contribution in [0.1, 0.15) is 71.8 Å². The Morgan fingerprint density at radius 2 is 1.18 bits per heavy atom. The van der Waals surface area contributed by atoms with Gasteiger partial charge in [0.1, 0.15) is 54.4 Å². The van der Waals surface area contributed by atoms with Crippen molar-refractivity contribution in [3.63, 3.8) is 0 Å². The van der Waals surface area contributed by atoms with E-state index in [1.165, 1.54) is 6.92 Å². The number of aliphatic hydroxyl groups is 4. The fraction of sp³-hybridized carbons (Fsp3) is 0.610. The quantitative estimate of drug-likeness (QED) is 0.0177. The second-order valence-corrected chi connectivity index (χ2v) is 14.6. The van der Waals surface area contributed by atoms with Crippen molar-refractivity contribution in [1.29, 1.82) is 0 Å². The first-order valence-electron chi connectivity index (χ1n) is 21.3. The number of hydrazine groups is 1. The summed E-state index contributed by atoms with van der Waals surface area (Å²) in [7, 11) is 1.69. The molecular formula is C41H68N10O15. The number of aliphatic carboxylic acids is 1. The highest BCUT2D eigenvalue weighted by molar-refractivity contribution is 5.98. The molecule has 4 unspecified atom stereocenters. The molecule has 0 spiro atoms. The third kappa shape index (κ3) is 23.3. The summed E-state index contributed by atoms with van der Waals surface area (Å²) in [5, 5.41) is 64.9. The summed E-state index contributed by atoms with van der Waals surface area (Å²) in [5.41, 5.74) is 11.8. The molecule has 0 aliphatic heterocycles. The molecule has 0 radical (unpaired) electrons. The fourth-order valence-corrected chi connectivity index (χ4v) is 5.85. The molecule has 1 aromatic carbocycles. The molecule has 1 rings (SSSR count). The summed E-state index contributed by atoms with van der Waals surface area (Å²) in [5.74, 6) is -9.32. The molecular weight excluding hydrogens is 873 g/mol. The number of carboxylic acids is 1. The van der Waals surface area contributed by atoms with Crippen LogP contribution in [0.4, 0.5) is 0 Å². The van der Waals surface area contributed by atoms with Crippen LogP contribution in [0.2, 0.25) is 0 Å². The lowest BCUT2D eigenvalue weighted by molar-refractivity contribution is -0.139. The monoisotopic (exact) mass is 940 g/mol. The van der Waals surface area contributed by atoms with Crippen LogP contribution in [0.25, 0.3) is 0 Å². The second-order valence-electron chi connectivity index (χ2n) is 14.6. The van der Waals surface area contributed by atoms with Gasteiger partial charge in [0.2, 0.25) is 41.4 Å². The van der Waals surface area contributed by atoms with Gasteiger partial charge in [-0.1, -0.05) is 50.6 Å². The molecule has 16 N–H and O–H groups in total. The summed E-state index contributed by atoms with van der Waals surface area (Å²) in [6.45, 7) is 3.96. The molecule has 0 fully saturated rings. The summed E-state index contributed by atoms with van der Waals surface area (Å²) in [4.78, 5) is 125. The maximum absolute atomic E-state index is 13.5. The molecule has 25 nitrogen and oxygen atoms in total. The normalized spacial score (nSPS) is 14.9. The summed E-state index contributed by atoms with van der Waals surface area (Å²) < 4.78 is 0. The minimum absolute atomic E-state index is 0.00514. The predicted molar refractivity (Wildman–Crippen MR) is 235 cm³/mol. The number of Topliss-reactive ketones (excluding diaryl/α,β-unsaturated/α-hetero) is 1. The first-order valence-corrected chi connectivity index (χ1v) is 21.3. The standard InChI is InChI=1S/C39H62N10O15.C2H6/c1-21(54)25(41-3)11-7-8-14-42-49-28(15-23-9-5-4-6-10-23)36(61)47-29(19-52)37(62)44-26(12-13-32(57)58)34(59)46-30(20-53)38(63)48-33(22(2)55)39(64)45-27(16-31(40)56)35(60)43-24(17-50)18-51;1-2/h4-6,9-10,17,22,24-30,33,41-42,49,51-53,55H,7-8,11-16,18-20H2,1-3H3,(H2,40,56)(H,43,60)(H,44,62)(H,45,64)(H,46,59)(H,47,61)(H,48,63)(H,57,58);1-2H3/t22-,24?,25?,26?,27+,28?,29+,30+,33+;/m1./s1. The number of carbonyl (C=O) groups excluding carboxylic acids is 9. The minimum atomic E-state index is -1.92. The van der Waals surface area contributed by atoms with Crippen LogP contribution < -0.4 is 53.8 Å². The summed E-state index contributed by atoms with van der Waals surface area (Å²) in [6, 6.07) is -2.94. The van der Waals surface area contributed by atoms with Crippen molar-refractivity contribution in [2.75, 3.05) is 33.4 Å². The number of primary amides is 1. The molecule has 66 heavy (non-hydrogen) atoms. The summed E-state index contributed by atoms with van der Waals surface area (Å²) >= 11 is 0. The third-order valence-electron chi connectivity index (χ3n) is 9.46. The number of hydrogen-bond donors (Lipinski definition) is 15. The van der Waals surface area contributed by atoms with Crippen molar-refractivity contribution in [1.82, 2.24) is 48.1 Å². The lowest BCUT2D eigenvalue weighted by Gasteiger charge is -2.27. The fourth-order valence-electron chi connectivity index (χ4n) is 5.85. The number of aliphatic hydroxyl groups excluding tert-OH is 4. The van der Waals surface area contributed by atoms with Crippen LogP contribution in [0.3, 0.4) is 0 Å². The van der Waals surface area contributed by atoms with E-state index in [0.717, 1.165) is 12.5 Å². The van der Waals surface area contributed by atoms with Gasteiger partial charge in [0, 0.05) is 13.0 Å². The van der Waals surface area contributed by atoms with Gasteiger partial charge in [0.05, 0.1) is 38.4 Å². The Bertz CT molecular complexity index is 1720. The van der Waals surface area contributed by atoms with Crippen molar-refractivity contribution in [3.05, 3.63) is 35.9 Å². The van der Waals surface area contributed by atoms with E-state index in [2.05, 4.69) is 48.1 Å². The van der Waals surface area contributed by atoms with Crippen LogP contribution in [0, 0.1) is 0 Å². The van der Waals surface area contributed by atoms with Crippen molar-refractivity contribution in [2.45, 2.75) is 127 Å². The smallest absolute Gasteiger partial charge is 0.303 e. The van der Waals surface area contributed by atoms with E-state index in [1.807, 2.05) is 13.8 Å². The van der Waals surface area contributed by atoms with Crippen molar-refractivity contribution >= 4 is 59.4 Å². The Hall–Kier alpha value is -5.96. The van der Waals surface area contributed by atoms with E-state index in [9.17, 15) is 73.5 Å². The minimum Gasteiger partial charge on any atom is -0.481 e. The first-order chi connectivity index (χ1) is 31.3. The number of unbranched alkanes of at least 4 members (excludes halogenated alkanes) is 1. The molecule has 0 aromatic heterocycles. The van der Waals surface area contributed by atoms with Crippen LogP contribution >= 0.6 is 0 Å². The van der Waals surface area contributed by atoms with E-state index >= 15 is 0 Å². The Morgan fingerprint density at radius 3 is 1.67 bits per heavy atom. The predicted octanol–water partition coefficient (Wildman–Crippen LogP) is -5.73. The van der Waals surface area contributed by atoms with Crippen LogP contribution in [-0.2, 0) is 54.4 Å². The van der Waals surface area contributed by atoms with Gasteiger partial charge < -0.3 is 73.3 Å². The van der Waals surface area contributed by atoms with Crippen LogP contribution in [0.15, 0.2) is 30.3 Å². The number of ketones is 1. The highest BCUT2D eigenvalue weighted by Crippen LogP contribution is 2.07. The highest BCUT2D eigenvalue weighted by Gasteiger charge is 2.35. The molecule has 9 atom stereocenters. The number of amides is 7. The number of carbonyl (C=O) groups is 10. The van der Waals surface area contributed by atoms with Crippen molar-refractivity contribution in [3.8, 4) is 0 Å². The maximum atomic E-state index is 13.5. The average molecular weight is 941 g/mol. The lowest BCUT2D eigenvalue weighted by Crippen LogP contribution is -2.62. The van der Waals surface area contributed by atoms with Crippen molar-refractivity contribution < 1.29 is 73.5 Å². The van der Waals surface area contributed by atoms with Gasteiger partial charge >= 0.3 is 5.97 Å². The molecule has 7 amide bonds. The zero-order chi connectivity index (χ0) is 50.4. The first kappa shape index (κ1) is 60.0. The maximum Gasteiger partial charge on any atom is 0.303 e. The van der Waals surface area contributed by atoms with Gasteiger partial charge in [0.25, 0.3) is 0 Å². The Labute approximate surface area is 382 Å². The largest absolute Gasteiger partial charge is 0.481 e. The Kier molecular flexibility index (Phi) is 30.5. The van der Waals surface area contributed by atoms with E-state index in [0.29, 0.717) is 25.8 Å².